The molecule has 1 aromatic carbocycles. The van der Waals surface area contributed by atoms with E-state index < -0.39 is 51.1 Å². The molecule has 0 spiro atoms. The molecule has 1 heterocycles. The third-order valence-electron chi connectivity index (χ3n) is 2.98. The molecule has 0 aliphatic carbocycles. The van der Waals surface area contributed by atoms with Crippen LogP contribution in [0.4, 0.5) is 18.9 Å². The molecule has 2 aromatic rings. The summed E-state index contributed by atoms with van der Waals surface area (Å²) in [6.07, 6.45) is 0. The molecule has 9 heteroatoms. The molecule has 0 saturated heterocycles. The van der Waals surface area contributed by atoms with Gasteiger partial charge in [0, 0.05) is 5.56 Å². The van der Waals surface area contributed by atoms with Crippen molar-refractivity contribution in [2.75, 3.05) is 20.0 Å². The molecule has 0 amide bonds. The van der Waals surface area contributed by atoms with Crippen molar-refractivity contribution in [3.8, 4) is 17.0 Å². The van der Waals surface area contributed by atoms with Gasteiger partial charge in [-0.25, -0.2) is 22.9 Å². The van der Waals surface area contributed by atoms with Crippen LogP contribution in [0, 0.1) is 17.5 Å². The Kier molecular flexibility index (Phi) is 4.65. The van der Waals surface area contributed by atoms with Crippen LogP contribution in [0.1, 0.15) is 10.5 Å². The van der Waals surface area contributed by atoms with E-state index >= 15 is 0 Å². The van der Waals surface area contributed by atoms with Gasteiger partial charge in [-0.2, -0.15) is 0 Å². The van der Waals surface area contributed by atoms with Crippen LogP contribution >= 0.6 is 11.6 Å². The average molecular weight is 347 g/mol. The van der Waals surface area contributed by atoms with E-state index in [1.807, 2.05) is 0 Å². The largest absolute Gasteiger partial charge is 0.492 e. The maximum Gasteiger partial charge on any atom is 0.360 e. The summed E-state index contributed by atoms with van der Waals surface area (Å²) in [5.74, 6) is -4.55. The van der Waals surface area contributed by atoms with E-state index in [0.717, 1.165) is 14.2 Å². The van der Waals surface area contributed by atoms with Gasteiger partial charge < -0.3 is 15.2 Å². The zero-order valence-electron chi connectivity index (χ0n) is 11.9. The predicted octanol–water partition coefficient (Wildman–Crippen LogP) is 3.20. The van der Waals surface area contributed by atoms with E-state index in [-0.39, 0.29) is 5.75 Å². The fraction of sp³-hybridized carbons (Fsp3) is 0.143. The van der Waals surface area contributed by atoms with Crippen LogP contribution in [0.25, 0.3) is 11.3 Å². The lowest BCUT2D eigenvalue weighted by atomic mass is 10.1. The van der Waals surface area contributed by atoms with Crippen molar-refractivity contribution in [2.24, 2.45) is 0 Å². The number of ether oxygens (including phenoxy) is 2. The molecular formula is C14H10ClF3N2O3. The van der Waals surface area contributed by atoms with Crippen LogP contribution in [-0.2, 0) is 4.74 Å². The molecule has 5 nitrogen and oxygen atoms in total. The number of methoxy groups -OCH3 is 2. The molecule has 0 unspecified atom stereocenters. The highest BCUT2D eigenvalue weighted by atomic mass is 35.5. The van der Waals surface area contributed by atoms with Crippen LogP contribution in [0.5, 0.6) is 5.75 Å². The quantitative estimate of drug-likeness (QED) is 0.682. The van der Waals surface area contributed by atoms with Crippen LogP contribution in [-0.4, -0.2) is 25.2 Å². The Labute approximate surface area is 133 Å². The number of esters is 1. The van der Waals surface area contributed by atoms with Gasteiger partial charge in [-0.3, -0.25) is 0 Å². The highest BCUT2D eigenvalue weighted by Gasteiger charge is 2.26. The molecule has 122 valence electrons. The molecule has 2 N–H and O–H groups in total. The van der Waals surface area contributed by atoms with Crippen LogP contribution in [0.3, 0.4) is 0 Å². The summed E-state index contributed by atoms with van der Waals surface area (Å²) >= 11 is 5.45. The number of rotatable bonds is 3. The summed E-state index contributed by atoms with van der Waals surface area (Å²) in [5.41, 5.74) is 3.27. The highest BCUT2D eigenvalue weighted by molar-refractivity contribution is 6.30. The van der Waals surface area contributed by atoms with E-state index in [4.69, 9.17) is 22.1 Å². The molecule has 0 bridgehead atoms. The number of hydrogen-bond donors (Lipinski definition) is 1. The van der Waals surface area contributed by atoms with Crippen molar-refractivity contribution in [2.45, 2.75) is 0 Å². The van der Waals surface area contributed by atoms with Crippen molar-refractivity contribution < 1.29 is 27.4 Å². The van der Waals surface area contributed by atoms with Crippen molar-refractivity contribution in [3.05, 3.63) is 40.3 Å². The molecule has 23 heavy (non-hydrogen) atoms. The number of carbonyl (C=O) groups is 1. The van der Waals surface area contributed by atoms with Gasteiger partial charge in [-0.1, -0.05) is 11.6 Å². The normalized spacial score (nSPS) is 10.5. The van der Waals surface area contributed by atoms with Crippen molar-refractivity contribution in [3.63, 3.8) is 0 Å². The lowest BCUT2D eigenvalue weighted by Gasteiger charge is -2.13. The molecule has 0 aliphatic rings. The number of pyridine rings is 1. The Balaban J connectivity index is 2.81. The summed E-state index contributed by atoms with van der Waals surface area (Å²) < 4.78 is 51.2. The van der Waals surface area contributed by atoms with Gasteiger partial charge in [0.05, 0.1) is 19.2 Å². The van der Waals surface area contributed by atoms with E-state index in [9.17, 15) is 18.0 Å². The number of nitrogens with zero attached hydrogens (tertiary/aromatic N) is 1. The molecule has 0 atom stereocenters. The Morgan fingerprint density at radius 3 is 2.43 bits per heavy atom. The Bertz CT molecular complexity index is 800. The molecule has 0 radical (unpaired) electrons. The minimum Gasteiger partial charge on any atom is -0.492 e. The standard InChI is InChI=1S/C14H10ClF3N2O3/c1-22-13-10(19)9(18)11(20-12(13)14(21)23-2)5-3-8(17)6(15)4-7(5)16/h3-4H,1-2H3,(H2,19,20). The molecule has 0 fully saturated rings. The second-order valence-corrected chi connectivity index (χ2v) is 4.71. The van der Waals surface area contributed by atoms with Crippen LogP contribution in [0.2, 0.25) is 5.02 Å². The van der Waals surface area contributed by atoms with Gasteiger partial charge in [-0.05, 0) is 12.1 Å². The van der Waals surface area contributed by atoms with Crippen molar-refractivity contribution in [1.29, 1.82) is 0 Å². The first-order chi connectivity index (χ1) is 10.8. The first kappa shape index (κ1) is 16.9. The van der Waals surface area contributed by atoms with Crippen molar-refractivity contribution >= 4 is 23.3 Å². The number of anilines is 1. The lowest BCUT2D eigenvalue weighted by molar-refractivity contribution is 0.0590. The summed E-state index contributed by atoms with van der Waals surface area (Å²) in [6, 6.07) is 1.31. The van der Waals surface area contributed by atoms with Gasteiger partial charge in [0.15, 0.2) is 17.3 Å². The monoisotopic (exact) mass is 346 g/mol. The maximum absolute atomic E-state index is 14.4. The van der Waals surface area contributed by atoms with Crippen LogP contribution in [0.15, 0.2) is 12.1 Å². The first-order valence-electron chi connectivity index (χ1n) is 6.08. The zero-order valence-corrected chi connectivity index (χ0v) is 12.7. The SMILES string of the molecule is COC(=O)c1nc(-c2cc(F)c(Cl)cc2F)c(F)c(N)c1OC. The summed E-state index contributed by atoms with van der Waals surface area (Å²) in [4.78, 5) is 15.4. The minimum absolute atomic E-state index is 0.368. The van der Waals surface area contributed by atoms with E-state index in [2.05, 4.69) is 9.72 Å². The Morgan fingerprint density at radius 2 is 1.87 bits per heavy atom. The third-order valence-corrected chi connectivity index (χ3v) is 3.27. The summed E-state index contributed by atoms with van der Waals surface area (Å²) in [5, 5.41) is -0.485. The molecule has 0 saturated carbocycles. The van der Waals surface area contributed by atoms with Crippen LogP contribution < -0.4 is 10.5 Å². The molecular weight excluding hydrogens is 337 g/mol. The number of carbonyl (C=O) groups excluding carboxylic acids is 1. The van der Waals surface area contributed by atoms with Gasteiger partial charge in [0.25, 0.3) is 0 Å². The average Bonchev–Trinajstić information content (AvgIpc) is 2.52. The van der Waals surface area contributed by atoms with E-state index in [1.54, 1.807) is 0 Å². The number of halogens is 4. The van der Waals surface area contributed by atoms with Gasteiger partial charge in [0.1, 0.15) is 23.0 Å². The van der Waals surface area contributed by atoms with Gasteiger partial charge in [0.2, 0.25) is 0 Å². The topological polar surface area (TPSA) is 74.4 Å². The Hall–Kier alpha value is -2.48. The van der Waals surface area contributed by atoms with E-state index in [1.165, 1.54) is 0 Å². The highest BCUT2D eigenvalue weighted by Crippen LogP contribution is 2.36. The number of hydrogen-bond acceptors (Lipinski definition) is 5. The second-order valence-electron chi connectivity index (χ2n) is 4.31. The minimum atomic E-state index is -1.17. The molecule has 2 rings (SSSR count). The van der Waals surface area contributed by atoms with Gasteiger partial charge in [-0.15, -0.1) is 0 Å². The summed E-state index contributed by atoms with van der Waals surface area (Å²) in [7, 11) is 2.20. The fourth-order valence-corrected chi connectivity index (χ4v) is 2.04. The van der Waals surface area contributed by atoms with Crippen molar-refractivity contribution in [1.82, 2.24) is 4.98 Å². The Morgan fingerprint density at radius 1 is 1.22 bits per heavy atom. The molecule has 0 aliphatic heterocycles. The molecule has 1 aromatic heterocycles. The smallest absolute Gasteiger partial charge is 0.360 e. The first-order valence-corrected chi connectivity index (χ1v) is 6.45. The third kappa shape index (κ3) is 2.89. The van der Waals surface area contributed by atoms with E-state index in [0.29, 0.717) is 12.1 Å². The van der Waals surface area contributed by atoms with Gasteiger partial charge >= 0.3 is 5.97 Å². The maximum atomic E-state index is 14.4. The number of benzene rings is 1. The number of nitrogen functional groups attached to an aromatic ring is 1. The number of nitrogens with two attached hydrogens (primary N) is 1. The fourth-order valence-electron chi connectivity index (χ4n) is 1.89. The second kappa shape index (κ2) is 6.33. The number of aromatic nitrogens is 1. The summed E-state index contributed by atoms with van der Waals surface area (Å²) in [6.45, 7) is 0. The predicted molar refractivity (Wildman–Crippen MR) is 76.9 cm³/mol. The lowest BCUT2D eigenvalue weighted by Crippen LogP contribution is -2.12. The zero-order chi connectivity index (χ0) is 17.3.